The number of carbonyl (C=O) groups excluding carboxylic acids is 1. The molecule has 2 aromatic heterocycles. The molecule has 1 atom stereocenters. The maximum atomic E-state index is 13.4. The highest BCUT2D eigenvalue weighted by Gasteiger charge is 2.32. The summed E-state index contributed by atoms with van der Waals surface area (Å²) in [5, 5.41) is 0.580. The lowest BCUT2D eigenvalue weighted by Crippen LogP contribution is -2.36. The first-order valence-electron chi connectivity index (χ1n) is 11.6. The Morgan fingerprint density at radius 2 is 1.94 bits per heavy atom. The molecule has 0 aliphatic carbocycles. The second-order valence-electron chi connectivity index (χ2n) is 8.63. The molecule has 0 unspecified atom stereocenters. The van der Waals surface area contributed by atoms with Crippen LogP contribution in [0.5, 0.6) is 11.5 Å². The van der Waals surface area contributed by atoms with Gasteiger partial charge in [0.1, 0.15) is 22.9 Å². The number of fused-ring (bicyclic) bond motifs is 1. The van der Waals surface area contributed by atoms with E-state index in [9.17, 15) is 9.59 Å². The Kier molecular flexibility index (Phi) is 6.30. The smallest absolute Gasteiger partial charge is 0.262 e. The molecular weight excluding hydrogens is 462 g/mol. The topological polar surface area (TPSA) is 73.7 Å². The number of hydrogen-bond donors (Lipinski definition) is 0. The molecule has 7 nitrogen and oxygen atoms in total. The number of amides is 1. The third kappa shape index (κ3) is 4.18. The number of hydrogen-bond acceptors (Lipinski definition) is 6. The largest absolute Gasteiger partial charge is 0.497 e. The summed E-state index contributed by atoms with van der Waals surface area (Å²) in [6, 6.07) is 15.5. The van der Waals surface area contributed by atoms with Crippen molar-refractivity contribution in [2.75, 3.05) is 20.8 Å². The van der Waals surface area contributed by atoms with E-state index >= 15 is 0 Å². The van der Waals surface area contributed by atoms with E-state index in [1.165, 1.54) is 22.2 Å². The molecule has 0 bridgehead atoms. The zero-order chi connectivity index (χ0) is 24.5. The molecule has 5 rings (SSSR count). The Balaban J connectivity index is 1.45. The van der Waals surface area contributed by atoms with Gasteiger partial charge in [0, 0.05) is 17.0 Å². The van der Waals surface area contributed by atoms with Crippen LogP contribution in [0, 0.1) is 6.92 Å². The van der Waals surface area contributed by atoms with Gasteiger partial charge in [-0.3, -0.25) is 14.2 Å². The van der Waals surface area contributed by atoms with Crippen molar-refractivity contribution in [2.24, 2.45) is 0 Å². The monoisotopic (exact) mass is 489 g/mol. The maximum Gasteiger partial charge on any atom is 0.262 e. The van der Waals surface area contributed by atoms with Crippen molar-refractivity contribution >= 4 is 27.5 Å². The average Bonchev–Trinajstić information content (AvgIpc) is 3.51. The van der Waals surface area contributed by atoms with Crippen LogP contribution in [-0.4, -0.2) is 41.1 Å². The molecule has 2 aromatic carbocycles. The van der Waals surface area contributed by atoms with Gasteiger partial charge in [-0.15, -0.1) is 11.3 Å². The van der Waals surface area contributed by atoms with Gasteiger partial charge in [0.15, 0.2) is 0 Å². The van der Waals surface area contributed by atoms with E-state index in [0.717, 1.165) is 40.2 Å². The fraction of sp³-hybridized carbons (Fsp3) is 0.296. The minimum absolute atomic E-state index is 0.0550. The van der Waals surface area contributed by atoms with Crippen LogP contribution in [-0.2, 0) is 11.3 Å². The highest BCUT2D eigenvalue weighted by atomic mass is 32.1. The van der Waals surface area contributed by atoms with Crippen LogP contribution in [0.4, 0.5) is 0 Å². The molecule has 1 fully saturated rings. The van der Waals surface area contributed by atoms with Gasteiger partial charge in [-0.25, -0.2) is 4.98 Å². The molecule has 1 aliphatic rings. The first-order chi connectivity index (χ1) is 17.0. The summed E-state index contributed by atoms with van der Waals surface area (Å²) >= 11 is 1.50. The highest BCUT2D eigenvalue weighted by molar-refractivity contribution is 7.22. The van der Waals surface area contributed by atoms with Crippen molar-refractivity contribution < 1.29 is 14.3 Å². The van der Waals surface area contributed by atoms with E-state index in [2.05, 4.69) is 4.98 Å². The Bertz CT molecular complexity index is 1440. The van der Waals surface area contributed by atoms with Crippen LogP contribution in [0.25, 0.3) is 20.7 Å². The predicted molar refractivity (Wildman–Crippen MR) is 137 cm³/mol. The number of rotatable bonds is 6. The summed E-state index contributed by atoms with van der Waals surface area (Å²) in [5.41, 5.74) is 2.69. The van der Waals surface area contributed by atoms with Crippen molar-refractivity contribution in [3.8, 4) is 21.9 Å². The number of nitrogens with zero attached hydrogens (tertiary/aromatic N) is 3. The van der Waals surface area contributed by atoms with Crippen molar-refractivity contribution in [3.05, 3.63) is 76.3 Å². The summed E-state index contributed by atoms with van der Waals surface area (Å²) in [6.45, 7) is 2.52. The first kappa shape index (κ1) is 23.1. The molecule has 1 amide bonds. The van der Waals surface area contributed by atoms with Crippen LogP contribution in [0.2, 0.25) is 0 Å². The standard InChI is InChI=1S/C27H27N3O4S/c1-17-24-26(35-25(17)18-8-5-4-6-9-18)28-16-29(27(24)32)15-23(31)30-13-7-10-21(30)20-14-19(33-2)11-12-22(20)34-3/h4-6,8-9,11-12,14,16,21H,7,10,13,15H2,1-3H3/t21-/m0/s1. The molecule has 4 aromatic rings. The van der Waals surface area contributed by atoms with E-state index in [-0.39, 0.29) is 24.1 Å². The Morgan fingerprint density at radius 3 is 2.69 bits per heavy atom. The van der Waals surface area contributed by atoms with Gasteiger partial charge in [-0.1, -0.05) is 30.3 Å². The normalized spacial score (nSPS) is 15.5. The average molecular weight is 490 g/mol. The van der Waals surface area contributed by atoms with Crippen LogP contribution in [0.3, 0.4) is 0 Å². The van der Waals surface area contributed by atoms with Crippen molar-refractivity contribution in [1.82, 2.24) is 14.5 Å². The van der Waals surface area contributed by atoms with Gasteiger partial charge in [0.05, 0.1) is 32.0 Å². The summed E-state index contributed by atoms with van der Waals surface area (Å²) in [4.78, 5) is 34.9. The number of methoxy groups -OCH3 is 2. The number of benzene rings is 2. The fourth-order valence-corrected chi connectivity index (χ4v) is 6.01. The molecular formula is C27H27N3O4S. The molecule has 1 aliphatic heterocycles. The van der Waals surface area contributed by atoms with Gasteiger partial charge in [-0.2, -0.15) is 0 Å². The second kappa shape index (κ2) is 9.54. The lowest BCUT2D eigenvalue weighted by Gasteiger charge is -2.27. The predicted octanol–water partition coefficient (Wildman–Crippen LogP) is 4.81. The summed E-state index contributed by atoms with van der Waals surface area (Å²) < 4.78 is 12.4. The van der Waals surface area contributed by atoms with Crippen molar-refractivity contribution in [3.63, 3.8) is 0 Å². The molecule has 0 radical (unpaired) electrons. The van der Waals surface area contributed by atoms with Gasteiger partial charge >= 0.3 is 0 Å². The van der Waals surface area contributed by atoms with Crippen molar-refractivity contribution in [1.29, 1.82) is 0 Å². The fourth-order valence-electron chi connectivity index (χ4n) is 4.86. The van der Waals surface area contributed by atoms with E-state index in [4.69, 9.17) is 9.47 Å². The van der Waals surface area contributed by atoms with Crippen LogP contribution < -0.4 is 15.0 Å². The lowest BCUT2D eigenvalue weighted by molar-refractivity contribution is -0.132. The minimum Gasteiger partial charge on any atom is -0.497 e. The van der Waals surface area contributed by atoms with Crippen LogP contribution in [0.1, 0.15) is 30.0 Å². The SMILES string of the molecule is COc1ccc(OC)c([C@@H]2CCCN2C(=O)Cn2cnc3sc(-c4ccccc4)c(C)c3c2=O)c1. The number of aryl methyl sites for hydroxylation is 1. The van der Waals surface area contributed by atoms with E-state index in [1.807, 2.05) is 60.4 Å². The van der Waals surface area contributed by atoms with Crippen molar-refractivity contribution in [2.45, 2.75) is 32.4 Å². The number of ether oxygens (including phenoxy) is 2. The quantitative estimate of drug-likeness (QED) is 0.388. The van der Waals surface area contributed by atoms with E-state index < -0.39 is 0 Å². The second-order valence-corrected chi connectivity index (χ2v) is 9.63. The Hall–Kier alpha value is -3.65. The summed E-state index contributed by atoms with van der Waals surface area (Å²) in [5.74, 6) is 1.32. The third-order valence-electron chi connectivity index (χ3n) is 6.63. The van der Waals surface area contributed by atoms with Crippen LogP contribution >= 0.6 is 11.3 Å². The molecule has 0 spiro atoms. The zero-order valence-electron chi connectivity index (χ0n) is 20.0. The zero-order valence-corrected chi connectivity index (χ0v) is 20.8. The van der Waals surface area contributed by atoms with Gasteiger partial charge in [-0.05, 0) is 49.1 Å². The molecule has 180 valence electrons. The van der Waals surface area contributed by atoms with Crippen LogP contribution in [0.15, 0.2) is 59.7 Å². The third-order valence-corrected chi connectivity index (χ3v) is 7.88. The molecule has 0 saturated carbocycles. The molecule has 0 N–H and O–H groups in total. The Morgan fingerprint density at radius 1 is 1.14 bits per heavy atom. The van der Waals surface area contributed by atoms with Gasteiger partial charge in [0.25, 0.3) is 5.56 Å². The lowest BCUT2D eigenvalue weighted by atomic mass is 10.0. The Labute approximate surface area is 207 Å². The van der Waals surface area contributed by atoms with Gasteiger partial charge < -0.3 is 14.4 Å². The molecule has 1 saturated heterocycles. The molecule has 3 heterocycles. The maximum absolute atomic E-state index is 13.4. The number of carbonyl (C=O) groups is 1. The highest BCUT2D eigenvalue weighted by Crippen LogP contribution is 2.39. The first-order valence-corrected chi connectivity index (χ1v) is 12.4. The number of aromatic nitrogens is 2. The van der Waals surface area contributed by atoms with E-state index in [0.29, 0.717) is 22.5 Å². The molecule has 8 heteroatoms. The van der Waals surface area contributed by atoms with Gasteiger partial charge in [0.2, 0.25) is 5.91 Å². The summed E-state index contributed by atoms with van der Waals surface area (Å²) in [7, 11) is 3.24. The number of thiophene rings is 1. The minimum atomic E-state index is -0.186. The number of likely N-dealkylation sites (tertiary alicyclic amines) is 1. The van der Waals surface area contributed by atoms with E-state index in [1.54, 1.807) is 14.2 Å². The molecule has 35 heavy (non-hydrogen) atoms. The summed E-state index contributed by atoms with van der Waals surface area (Å²) in [6.07, 6.45) is 3.20.